The molecule has 7 heteroatoms. The standard InChI is InChI=1S/2C5H9NO2.Pd/c2*7-5(8)4-2-1-3-6-4;/h2*4,6H,1-3H2,(H,7,8);/q;;+2/p-2/t2*4-;/m00./s1. The van der Waals surface area contributed by atoms with E-state index in [9.17, 15) is 19.8 Å². The molecule has 0 spiro atoms. The van der Waals surface area contributed by atoms with Gasteiger partial charge in [-0.05, 0) is 38.8 Å². The van der Waals surface area contributed by atoms with E-state index in [1.807, 2.05) is 0 Å². The van der Waals surface area contributed by atoms with E-state index in [0.29, 0.717) is 0 Å². The van der Waals surface area contributed by atoms with Crippen LogP contribution in [0.2, 0.25) is 0 Å². The molecule has 2 saturated heterocycles. The van der Waals surface area contributed by atoms with Crippen molar-refractivity contribution in [3.05, 3.63) is 0 Å². The molecule has 0 saturated carbocycles. The van der Waals surface area contributed by atoms with Gasteiger partial charge >= 0.3 is 20.4 Å². The molecule has 2 fully saturated rings. The normalized spacial score (nSPS) is 26.6. The van der Waals surface area contributed by atoms with Crippen LogP contribution >= 0.6 is 0 Å². The Morgan fingerprint density at radius 2 is 1.24 bits per heavy atom. The van der Waals surface area contributed by atoms with E-state index in [4.69, 9.17) is 0 Å². The van der Waals surface area contributed by atoms with Crippen LogP contribution in [0.1, 0.15) is 25.7 Å². The molecule has 100 valence electrons. The first kappa shape index (κ1) is 16.5. The third-order valence-electron chi connectivity index (χ3n) is 2.69. The summed E-state index contributed by atoms with van der Waals surface area (Å²) in [6, 6.07) is -0.759. The number of hydrogen-bond donors (Lipinski definition) is 2. The van der Waals surface area contributed by atoms with Gasteiger partial charge < -0.3 is 30.4 Å². The first-order valence-electron chi connectivity index (χ1n) is 5.49. The SMILES string of the molecule is O=C([O-])[C@@H]1CCCN1.O=C([O-])[C@@H]1CCCN1.[Pd+2]. The van der Waals surface area contributed by atoms with Crippen LogP contribution in [0.5, 0.6) is 0 Å². The zero-order chi connectivity index (χ0) is 12.0. The molecule has 0 amide bonds. The number of rotatable bonds is 2. The smallest absolute Gasteiger partial charge is 0.548 e. The molecule has 0 aromatic heterocycles. The van der Waals surface area contributed by atoms with Crippen LogP contribution in [0, 0.1) is 0 Å². The number of carboxylic acids is 2. The van der Waals surface area contributed by atoms with Gasteiger partial charge in [0.2, 0.25) is 0 Å². The van der Waals surface area contributed by atoms with Crippen molar-refractivity contribution in [2.75, 3.05) is 13.1 Å². The minimum atomic E-state index is -0.970. The van der Waals surface area contributed by atoms with Gasteiger partial charge in [-0.25, -0.2) is 0 Å². The van der Waals surface area contributed by atoms with E-state index in [-0.39, 0.29) is 32.5 Å². The number of nitrogens with one attached hydrogen (secondary N) is 2. The molecule has 0 unspecified atom stereocenters. The molecule has 0 aromatic rings. The summed E-state index contributed by atoms with van der Waals surface area (Å²) < 4.78 is 0. The van der Waals surface area contributed by atoms with Crippen LogP contribution in [-0.4, -0.2) is 37.1 Å². The average Bonchev–Trinajstić information content (AvgIpc) is 2.93. The summed E-state index contributed by atoms with van der Waals surface area (Å²) in [6.07, 6.45) is 3.36. The maximum absolute atomic E-state index is 10.0. The van der Waals surface area contributed by atoms with Crippen molar-refractivity contribution in [3.8, 4) is 0 Å². The number of carboxylic acid groups (broad SMARTS) is 2. The predicted octanol–water partition coefficient (Wildman–Crippen LogP) is -3.03. The molecular formula is C10H16N2O4Pd. The first-order chi connectivity index (χ1) is 7.61. The second-order valence-corrected chi connectivity index (χ2v) is 3.94. The van der Waals surface area contributed by atoms with Gasteiger partial charge in [0.15, 0.2) is 0 Å². The molecule has 6 nitrogen and oxygen atoms in total. The Labute approximate surface area is 114 Å². The van der Waals surface area contributed by atoms with Gasteiger partial charge in [-0.3, -0.25) is 0 Å². The van der Waals surface area contributed by atoms with Crippen LogP contribution < -0.4 is 20.8 Å². The van der Waals surface area contributed by atoms with Crippen LogP contribution in [0.4, 0.5) is 0 Å². The Morgan fingerprint density at radius 3 is 1.35 bits per heavy atom. The number of carbonyl (C=O) groups excluding carboxylic acids is 2. The second kappa shape index (κ2) is 8.59. The Balaban J connectivity index is 0.000000284. The van der Waals surface area contributed by atoms with Gasteiger partial charge in [-0.15, -0.1) is 0 Å². The zero-order valence-corrected chi connectivity index (χ0v) is 10.9. The number of hydrogen-bond acceptors (Lipinski definition) is 6. The molecular weight excluding hydrogens is 319 g/mol. The van der Waals surface area contributed by atoms with Gasteiger partial charge in [-0.2, -0.15) is 0 Å². The third kappa shape index (κ3) is 6.13. The van der Waals surface area contributed by atoms with Crippen molar-refractivity contribution < 1.29 is 40.2 Å². The van der Waals surface area contributed by atoms with Gasteiger partial charge in [0, 0.05) is 12.1 Å². The molecule has 17 heavy (non-hydrogen) atoms. The van der Waals surface area contributed by atoms with Gasteiger partial charge in [0.05, 0.1) is 11.9 Å². The summed E-state index contributed by atoms with van der Waals surface area (Å²) in [4.78, 5) is 20.1. The van der Waals surface area contributed by atoms with Gasteiger partial charge in [0.25, 0.3) is 0 Å². The van der Waals surface area contributed by atoms with Gasteiger partial charge in [0.1, 0.15) is 0 Å². The third-order valence-corrected chi connectivity index (χ3v) is 2.69. The van der Waals surface area contributed by atoms with Crippen LogP contribution in [0.3, 0.4) is 0 Å². The largest absolute Gasteiger partial charge is 2.00 e. The average molecular weight is 335 g/mol. The molecule has 2 N–H and O–H groups in total. The molecule has 2 atom stereocenters. The summed E-state index contributed by atoms with van der Waals surface area (Å²) in [7, 11) is 0. The molecule has 0 aromatic carbocycles. The topological polar surface area (TPSA) is 104 Å². The van der Waals surface area contributed by atoms with E-state index in [0.717, 1.165) is 38.8 Å². The zero-order valence-electron chi connectivity index (χ0n) is 9.35. The van der Waals surface area contributed by atoms with E-state index in [1.54, 1.807) is 0 Å². The van der Waals surface area contributed by atoms with E-state index < -0.39 is 11.9 Å². The number of aliphatic carboxylic acids is 2. The first-order valence-corrected chi connectivity index (χ1v) is 5.49. The molecule has 2 aliphatic heterocycles. The number of carbonyl (C=O) groups is 2. The minimum absolute atomic E-state index is 0. The summed E-state index contributed by atoms with van der Waals surface area (Å²) in [5.41, 5.74) is 0. The summed E-state index contributed by atoms with van der Waals surface area (Å²) in [5.74, 6) is -1.94. The molecule has 0 radical (unpaired) electrons. The van der Waals surface area contributed by atoms with Crippen LogP contribution in [0.15, 0.2) is 0 Å². The fourth-order valence-corrected chi connectivity index (χ4v) is 1.77. The summed E-state index contributed by atoms with van der Waals surface area (Å²) in [6.45, 7) is 1.64. The van der Waals surface area contributed by atoms with E-state index in [1.165, 1.54) is 0 Å². The fourth-order valence-electron chi connectivity index (χ4n) is 1.77. The van der Waals surface area contributed by atoms with Crippen molar-refractivity contribution >= 4 is 11.9 Å². The van der Waals surface area contributed by atoms with E-state index in [2.05, 4.69) is 10.6 Å². The van der Waals surface area contributed by atoms with Crippen molar-refractivity contribution in [2.24, 2.45) is 0 Å². The Bertz CT molecular complexity index is 225. The van der Waals surface area contributed by atoms with Crippen LogP contribution in [-0.2, 0) is 30.0 Å². The molecule has 0 aliphatic carbocycles. The van der Waals surface area contributed by atoms with Crippen molar-refractivity contribution in [1.29, 1.82) is 0 Å². The summed E-state index contributed by atoms with van der Waals surface area (Å²) >= 11 is 0. The predicted molar refractivity (Wildman–Crippen MR) is 52.1 cm³/mol. The molecule has 0 bridgehead atoms. The summed E-state index contributed by atoms with van der Waals surface area (Å²) in [5, 5.41) is 25.6. The Kier molecular flexibility index (Phi) is 8.35. The quantitative estimate of drug-likeness (QED) is 0.521. The van der Waals surface area contributed by atoms with Gasteiger partial charge in [-0.1, -0.05) is 0 Å². The molecule has 2 rings (SSSR count). The monoisotopic (exact) mass is 334 g/mol. The Hall–Kier alpha value is -0.478. The minimum Gasteiger partial charge on any atom is -0.548 e. The van der Waals surface area contributed by atoms with E-state index >= 15 is 0 Å². The van der Waals surface area contributed by atoms with Crippen LogP contribution in [0.25, 0.3) is 0 Å². The maximum atomic E-state index is 10.0. The molecule has 2 aliphatic rings. The van der Waals surface area contributed by atoms with Crippen molar-refractivity contribution in [1.82, 2.24) is 10.6 Å². The fraction of sp³-hybridized carbons (Fsp3) is 0.800. The second-order valence-electron chi connectivity index (χ2n) is 3.94. The maximum Gasteiger partial charge on any atom is 2.00 e. The van der Waals surface area contributed by atoms with Crippen molar-refractivity contribution in [2.45, 2.75) is 37.8 Å². The van der Waals surface area contributed by atoms with Crippen molar-refractivity contribution in [3.63, 3.8) is 0 Å². The Morgan fingerprint density at radius 1 is 0.882 bits per heavy atom. The molecule has 2 heterocycles.